The molecule has 0 spiro atoms. The smallest absolute Gasteiger partial charge is 0.430 e. The SMILES string of the molecule is O=C(CCCO[N+](=O)[O-])OCOC(=O)C1=Cc2cc(Cl)cc(Cl)c2O[C@@H]1C(F)(F)F. The molecule has 164 valence electrons. The summed E-state index contributed by atoms with van der Waals surface area (Å²) in [5, 5.41) is 8.84. The number of benzene rings is 1. The van der Waals surface area contributed by atoms with Crippen molar-refractivity contribution in [2.24, 2.45) is 0 Å². The van der Waals surface area contributed by atoms with E-state index in [2.05, 4.69) is 14.3 Å². The molecule has 1 aliphatic rings. The number of carbonyl (C=O) groups is 2. The van der Waals surface area contributed by atoms with E-state index in [0.29, 0.717) is 0 Å². The number of hydrogen-bond acceptors (Lipinski definition) is 8. The number of alkyl halides is 3. The zero-order valence-electron chi connectivity index (χ0n) is 14.7. The number of esters is 2. The summed E-state index contributed by atoms with van der Waals surface area (Å²) in [6, 6.07) is 2.43. The standard InChI is InChI=1S/C16H12Cl2F3NO8/c17-9-4-8-5-10(14(16(19,20)21)30-13(8)11(18)6-9)15(24)28-7-27-12(23)2-1-3-29-22(25)26/h4-6,14H,1-3,7H2/t14-/m0/s1. The highest BCUT2D eigenvalue weighted by Gasteiger charge is 2.49. The molecule has 0 fully saturated rings. The maximum Gasteiger partial charge on any atom is 0.430 e. The van der Waals surface area contributed by atoms with Crippen molar-refractivity contribution in [3.8, 4) is 5.75 Å². The first-order valence-electron chi connectivity index (χ1n) is 8.03. The van der Waals surface area contributed by atoms with Gasteiger partial charge in [-0.3, -0.25) is 4.79 Å². The first-order valence-corrected chi connectivity index (χ1v) is 8.78. The van der Waals surface area contributed by atoms with Crippen LogP contribution in [0.5, 0.6) is 5.75 Å². The molecule has 0 aromatic heterocycles. The maximum atomic E-state index is 13.3. The number of rotatable bonds is 8. The maximum absolute atomic E-state index is 13.3. The third-order valence-electron chi connectivity index (χ3n) is 3.53. The molecule has 1 aliphatic heterocycles. The van der Waals surface area contributed by atoms with Crippen molar-refractivity contribution in [3.63, 3.8) is 0 Å². The van der Waals surface area contributed by atoms with Crippen LogP contribution in [0.4, 0.5) is 13.2 Å². The molecule has 0 N–H and O–H groups in total. The van der Waals surface area contributed by atoms with Crippen LogP contribution in [0.25, 0.3) is 6.08 Å². The zero-order valence-corrected chi connectivity index (χ0v) is 16.3. The fourth-order valence-electron chi connectivity index (χ4n) is 2.31. The number of carbonyl (C=O) groups excluding carboxylic acids is 2. The fourth-order valence-corrected chi connectivity index (χ4v) is 2.86. The Morgan fingerprint density at radius 2 is 1.93 bits per heavy atom. The van der Waals surface area contributed by atoms with Crippen LogP contribution < -0.4 is 4.74 Å². The zero-order chi connectivity index (χ0) is 22.5. The molecule has 0 saturated carbocycles. The third-order valence-corrected chi connectivity index (χ3v) is 4.03. The van der Waals surface area contributed by atoms with Crippen LogP contribution in [0.1, 0.15) is 18.4 Å². The minimum Gasteiger partial charge on any atom is -0.474 e. The largest absolute Gasteiger partial charge is 0.474 e. The van der Waals surface area contributed by atoms with Crippen molar-refractivity contribution in [1.29, 1.82) is 0 Å². The van der Waals surface area contributed by atoms with Crippen molar-refractivity contribution in [2.45, 2.75) is 25.1 Å². The molecule has 0 radical (unpaired) electrons. The molecule has 30 heavy (non-hydrogen) atoms. The van der Waals surface area contributed by atoms with Crippen molar-refractivity contribution >= 4 is 41.2 Å². The second-order valence-electron chi connectivity index (χ2n) is 5.67. The molecule has 9 nitrogen and oxygen atoms in total. The first kappa shape index (κ1) is 23.5. The molecule has 0 unspecified atom stereocenters. The summed E-state index contributed by atoms with van der Waals surface area (Å²) in [5.41, 5.74) is -0.869. The second kappa shape index (κ2) is 9.85. The molecule has 0 amide bonds. The Labute approximate surface area is 176 Å². The topological polar surface area (TPSA) is 114 Å². The minimum absolute atomic E-state index is 0.0303. The van der Waals surface area contributed by atoms with Gasteiger partial charge in [-0.25, -0.2) is 4.79 Å². The predicted molar refractivity (Wildman–Crippen MR) is 94.1 cm³/mol. The lowest BCUT2D eigenvalue weighted by atomic mass is 10.0. The van der Waals surface area contributed by atoms with Gasteiger partial charge in [0.15, 0.2) is 0 Å². The van der Waals surface area contributed by atoms with Gasteiger partial charge in [0.2, 0.25) is 12.9 Å². The Morgan fingerprint density at radius 1 is 1.23 bits per heavy atom. The van der Waals surface area contributed by atoms with E-state index in [1.165, 1.54) is 12.1 Å². The average Bonchev–Trinajstić information content (AvgIpc) is 2.63. The van der Waals surface area contributed by atoms with Crippen molar-refractivity contribution in [3.05, 3.63) is 43.4 Å². The molecule has 1 aromatic carbocycles. The Hall–Kier alpha value is -2.73. The summed E-state index contributed by atoms with van der Waals surface area (Å²) in [5.74, 6) is -2.65. The van der Waals surface area contributed by atoms with Gasteiger partial charge in [0.25, 0.3) is 5.09 Å². The van der Waals surface area contributed by atoms with E-state index in [4.69, 9.17) is 27.9 Å². The van der Waals surface area contributed by atoms with Gasteiger partial charge in [-0.2, -0.15) is 13.2 Å². The van der Waals surface area contributed by atoms with Crippen molar-refractivity contribution in [2.75, 3.05) is 13.4 Å². The van der Waals surface area contributed by atoms with Crippen LogP contribution in [-0.4, -0.2) is 42.7 Å². The number of nitrogens with zero attached hydrogens (tertiary/aromatic N) is 1. The number of ether oxygens (including phenoxy) is 3. The third kappa shape index (κ3) is 6.39. The molecule has 0 saturated heterocycles. The second-order valence-corrected chi connectivity index (χ2v) is 6.52. The van der Waals surface area contributed by atoms with E-state index < -0.39 is 41.7 Å². The van der Waals surface area contributed by atoms with Gasteiger partial charge in [-0.1, -0.05) is 23.2 Å². The first-order chi connectivity index (χ1) is 14.0. The molecule has 1 atom stereocenters. The molecule has 0 aliphatic carbocycles. The van der Waals surface area contributed by atoms with Gasteiger partial charge < -0.3 is 19.0 Å². The van der Waals surface area contributed by atoms with E-state index in [0.717, 1.165) is 6.08 Å². The molecular weight excluding hydrogens is 462 g/mol. The fraction of sp³-hybridized carbons (Fsp3) is 0.375. The minimum atomic E-state index is -4.97. The Balaban J connectivity index is 2.02. The average molecular weight is 474 g/mol. The normalized spacial score (nSPS) is 15.4. The van der Waals surface area contributed by atoms with Crippen LogP contribution in [0, 0.1) is 10.1 Å². The highest BCUT2D eigenvalue weighted by atomic mass is 35.5. The van der Waals surface area contributed by atoms with E-state index in [1.54, 1.807) is 0 Å². The van der Waals surface area contributed by atoms with Crippen LogP contribution in [0.15, 0.2) is 17.7 Å². The van der Waals surface area contributed by atoms with E-state index in [9.17, 15) is 32.9 Å². The van der Waals surface area contributed by atoms with Gasteiger partial charge in [0.05, 0.1) is 17.2 Å². The van der Waals surface area contributed by atoms with Gasteiger partial charge >= 0.3 is 18.1 Å². The van der Waals surface area contributed by atoms with Crippen molar-refractivity contribution in [1.82, 2.24) is 0 Å². The van der Waals surface area contributed by atoms with Crippen molar-refractivity contribution < 1.29 is 46.9 Å². The lowest BCUT2D eigenvalue weighted by Gasteiger charge is -2.28. The van der Waals surface area contributed by atoms with Gasteiger partial charge in [0, 0.05) is 17.0 Å². The summed E-state index contributed by atoms with van der Waals surface area (Å²) in [6.45, 7) is -1.33. The molecule has 14 heteroatoms. The van der Waals surface area contributed by atoms with Crippen LogP contribution >= 0.6 is 23.2 Å². The lowest BCUT2D eigenvalue weighted by Crippen LogP contribution is -2.41. The summed E-state index contributed by atoms with van der Waals surface area (Å²) < 4.78 is 54.0. The Kier molecular flexibility index (Phi) is 7.73. The molecule has 1 heterocycles. The molecular formula is C16H12Cl2F3NO8. The summed E-state index contributed by atoms with van der Waals surface area (Å²) >= 11 is 11.7. The number of hydrogen-bond donors (Lipinski definition) is 0. The number of halogens is 5. The molecule has 2 rings (SSSR count). The van der Waals surface area contributed by atoms with E-state index in [1.807, 2.05) is 0 Å². The highest BCUT2D eigenvalue weighted by molar-refractivity contribution is 6.36. The lowest BCUT2D eigenvalue weighted by molar-refractivity contribution is -0.757. The number of fused-ring (bicyclic) bond motifs is 1. The molecule has 1 aromatic rings. The summed E-state index contributed by atoms with van der Waals surface area (Å²) in [6.07, 6.45) is -7.12. The molecule has 0 bridgehead atoms. The summed E-state index contributed by atoms with van der Waals surface area (Å²) in [4.78, 5) is 37.5. The predicted octanol–water partition coefficient (Wildman–Crippen LogP) is 3.73. The van der Waals surface area contributed by atoms with Crippen LogP contribution in [0.3, 0.4) is 0 Å². The quantitative estimate of drug-likeness (QED) is 0.184. The Morgan fingerprint density at radius 3 is 2.57 bits per heavy atom. The monoisotopic (exact) mass is 473 g/mol. The van der Waals surface area contributed by atoms with Gasteiger partial charge in [-0.15, -0.1) is 10.1 Å². The van der Waals surface area contributed by atoms with Crippen LogP contribution in [0.2, 0.25) is 10.0 Å². The van der Waals surface area contributed by atoms with E-state index >= 15 is 0 Å². The van der Waals surface area contributed by atoms with Gasteiger partial charge in [0.1, 0.15) is 5.75 Å². The highest BCUT2D eigenvalue weighted by Crippen LogP contribution is 2.42. The summed E-state index contributed by atoms with van der Waals surface area (Å²) in [7, 11) is 0. The van der Waals surface area contributed by atoms with Gasteiger partial charge in [-0.05, 0) is 24.6 Å². The van der Waals surface area contributed by atoms with E-state index in [-0.39, 0.29) is 40.8 Å². The van der Waals surface area contributed by atoms with Crippen LogP contribution in [-0.2, 0) is 23.9 Å². The Bertz CT molecular complexity index is 875.